The highest BCUT2D eigenvalue weighted by Gasteiger charge is 2.35. The second-order valence-electron chi connectivity index (χ2n) is 7.19. The lowest BCUT2D eigenvalue weighted by molar-refractivity contribution is 0.102. The minimum atomic E-state index is 0.199. The fourth-order valence-corrected chi connectivity index (χ4v) is 4.07. The number of hydrogen-bond acceptors (Lipinski definition) is 6. The van der Waals surface area contributed by atoms with Crippen molar-refractivity contribution in [2.45, 2.75) is 50.7 Å². The summed E-state index contributed by atoms with van der Waals surface area (Å²) in [4.78, 5) is 11.5. The molecule has 1 saturated carbocycles. The lowest BCUT2D eigenvalue weighted by Crippen LogP contribution is -2.44. The predicted octanol–water partition coefficient (Wildman–Crippen LogP) is 2.42. The smallest absolute Gasteiger partial charge is 0.188 e. The van der Waals surface area contributed by atoms with Crippen LogP contribution in [-0.2, 0) is 11.2 Å². The lowest BCUT2D eigenvalue weighted by Gasteiger charge is -2.40. The van der Waals surface area contributed by atoms with Gasteiger partial charge in [0.1, 0.15) is 17.5 Å². The Bertz CT molecular complexity index is 653. The molecule has 0 spiro atoms. The summed E-state index contributed by atoms with van der Waals surface area (Å²) in [6, 6.07) is 0.362. The zero-order valence-corrected chi connectivity index (χ0v) is 14.5. The molecule has 0 aromatic carbocycles. The van der Waals surface area contributed by atoms with Crippen molar-refractivity contribution in [3.05, 3.63) is 11.9 Å². The molecule has 2 aliphatic heterocycles. The van der Waals surface area contributed by atoms with Crippen LogP contribution in [0.5, 0.6) is 5.75 Å². The Morgan fingerprint density at radius 2 is 2.04 bits per heavy atom. The summed E-state index contributed by atoms with van der Waals surface area (Å²) in [7, 11) is 3.79. The van der Waals surface area contributed by atoms with Crippen molar-refractivity contribution in [2.24, 2.45) is 16.6 Å². The van der Waals surface area contributed by atoms with Crippen molar-refractivity contribution >= 4 is 17.3 Å². The van der Waals surface area contributed by atoms with Crippen LogP contribution in [0.2, 0.25) is 0 Å². The summed E-state index contributed by atoms with van der Waals surface area (Å²) in [5.41, 5.74) is 8.96. The van der Waals surface area contributed by atoms with Gasteiger partial charge in [-0.05, 0) is 31.6 Å². The summed E-state index contributed by atoms with van der Waals surface area (Å²) < 4.78 is 11.8. The third-order valence-corrected chi connectivity index (χ3v) is 5.59. The van der Waals surface area contributed by atoms with Gasteiger partial charge in [-0.15, -0.1) is 0 Å². The fourth-order valence-electron chi connectivity index (χ4n) is 4.07. The number of pyridine rings is 1. The zero-order chi connectivity index (χ0) is 16.7. The van der Waals surface area contributed by atoms with Gasteiger partial charge < -0.3 is 20.1 Å². The Kier molecular flexibility index (Phi) is 4.08. The highest BCUT2D eigenvalue weighted by molar-refractivity contribution is 5.85. The van der Waals surface area contributed by atoms with E-state index in [2.05, 4.69) is 21.9 Å². The van der Waals surface area contributed by atoms with Crippen LogP contribution in [0, 0.1) is 5.92 Å². The Balaban J connectivity index is 1.65. The second kappa shape index (κ2) is 6.24. The molecule has 1 aliphatic carbocycles. The van der Waals surface area contributed by atoms with E-state index in [4.69, 9.17) is 15.2 Å². The molecule has 1 unspecified atom stereocenters. The Morgan fingerprint density at radius 1 is 1.25 bits per heavy atom. The molecule has 0 amide bonds. The van der Waals surface area contributed by atoms with E-state index in [0.29, 0.717) is 12.0 Å². The van der Waals surface area contributed by atoms with Crippen LogP contribution in [-0.4, -0.2) is 43.7 Å². The number of fused-ring (bicyclic) bond motifs is 3. The first kappa shape index (κ1) is 15.7. The highest BCUT2D eigenvalue weighted by atomic mass is 16.5. The predicted molar refractivity (Wildman–Crippen MR) is 94.3 cm³/mol. The average Bonchev–Trinajstić information content (AvgIpc) is 2.61. The summed E-state index contributed by atoms with van der Waals surface area (Å²) in [5, 5.41) is 0. The number of aliphatic imine (C=N–C) groups is 1. The van der Waals surface area contributed by atoms with Gasteiger partial charge in [-0.25, -0.2) is 4.99 Å². The van der Waals surface area contributed by atoms with Gasteiger partial charge in [0.05, 0.1) is 25.5 Å². The molecule has 2 N–H and O–H groups in total. The van der Waals surface area contributed by atoms with Crippen LogP contribution in [0.25, 0.3) is 0 Å². The van der Waals surface area contributed by atoms with Crippen LogP contribution in [0.15, 0.2) is 11.2 Å². The maximum atomic E-state index is 6.48. The molecule has 1 fully saturated rings. The minimum Gasteiger partial charge on any atom is -0.484 e. The van der Waals surface area contributed by atoms with Crippen LogP contribution < -0.4 is 15.4 Å². The largest absolute Gasteiger partial charge is 0.484 e. The van der Waals surface area contributed by atoms with E-state index in [-0.39, 0.29) is 6.10 Å². The van der Waals surface area contributed by atoms with Gasteiger partial charge in [0, 0.05) is 25.9 Å². The molecule has 1 atom stereocenters. The van der Waals surface area contributed by atoms with E-state index in [0.717, 1.165) is 73.8 Å². The molecule has 4 rings (SSSR count). The van der Waals surface area contributed by atoms with Gasteiger partial charge in [0.2, 0.25) is 0 Å². The Hall–Kier alpha value is -1.82. The van der Waals surface area contributed by atoms with E-state index in [1.165, 1.54) is 0 Å². The van der Waals surface area contributed by atoms with Gasteiger partial charge >= 0.3 is 0 Å². The zero-order valence-electron chi connectivity index (χ0n) is 14.5. The minimum absolute atomic E-state index is 0.199. The number of ether oxygens (including phenoxy) is 2. The van der Waals surface area contributed by atoms with Crippen LogP contribution in [0.1, 0.15) is 37.8 Å². The summed E-state index contributed by atoms with van der Waals surface area (Å²) >= 11 is 0. The molecule has 6 nitrogen and oxygen atoms in total. The lowest BCUT2D eigenvalue weighted by atomic mass is 9.82. The first-order valence-corrected chi connectivity index (χ1v) is 8.92. The number of hydrogen-bond donors (Lipinski definition) is 1. The third kappa shape index (κ3) is 2.73. The number of anilines is 1. The standard InChI is InChI=1S/C18H26N4O2/c1-22-10-15(11-3-5-12(19)6-4-11)24-18-14(22)9-20-13-7-8-16(23-2)21-17(13)18/h9,11-12,15H,3-8,10,19H2,1-2H3. The second-order valence-corrected chi connectivity index (χ2v) is 7.19. The van der Waals surface area contributed by atoms with Gasteiger partial charge in [-0.1, -0.05) is 0 Å². The molecule has 3 heterocycles. The third-order valence-electron chi connectivity index (χ3n) is 5.59. The van der Waals surface area contributed by atoms with Crippen molar-refractivity contribution in [3.8, 4) is 5.75 Å². The average molecular weight is 330 g/mol. The summed E-state index contributed by atoms with van der Waals surface area (Å²) in [5.74, 6) is 2.20. The normalized spacial score (nSPS) is 29.2. The highest BCUT2D eigenvalue weighted by Crippen LogP contribution is 2.45. The van der Waals surface area contributed by atoms with Gasteiger partial charge in [0.25, 0.3) is 0 Å². The number of aromatic nitrogens is 1. The number of nitrogens with zero attached hydrogens (tertiary/aromatic N) is 3. The monoisotopic (exact) mass is 330 g/mol. The van der Waals surface area contributed by atoms with Crippen molar-refractivity contribution < 1.29 is 9.47 Å². The summed E-state index contributed by atoms with van der Waals surface area (Å²) in [6.45, 7) is 0.897. The number of rotatable bonds is 1. The molecule has 0 radical (unpaired) electrons. The van der Waals surface area contributed by atoms with E-state index in [1.807, 2.05) is 6.20 Å². The fraction of sp³-hybridized carbons (Fsp3) is 0.667. The Morgan fingerprint density at radius 3 is 2.79 bits per heavy atom. The topological polar surface area (TPSA) is 73.0 Å². The van der Waals surface area contributed by atoms with Crippen molar-refractivity contribution in [3.63, 3.8) is 0 Å². The number of aryl methyl sites for hydroxylation is 1. The molecule has 6 heteroatoms. The van der Waals surface area contributed by atoms with Crippen LogP contribution in [0.3, 0.4) is 0 Å². The van der Waals surface area contributed by atoms with E-state index in [9.17, 15) is 0 Å². The summed E-state index contributed by atoms with van der Waals surface area (Å²) in [6.07, 6.45) is 8.27. The first-order valence-electron chi connectivity index (χ1n) is 8.92. The first-order chi connectivity index (χ1) is 11.7. The molecular weight excluding hydrogens is 304 g/mol. The maximum Gasteiger partial charge on any atom is 0.188 e. The van der Waals surface area contributed by atoms with E-state index in [1.54, 1.807) is 7.11 Å². The van der Waals surface area contributed by atoms with E-state index >= 15 is 0 Å². The molecule has 24 heavy (non-hydrogen) atoms. The van der Waals surface area contributed by atoms with Crippen molar-refractivity contribution in [2.75, 3.05) is 25.6 Å². The molecule has 130 valence electrons. The maximum absolute atomic E-state index is 6.48. The van der Waals surface area contributed by atoms with Crippen molar-refractivity contribution in [1.82, 2.24) is 4.98 Å². The van der Waals surface area contributed by atoms with Gasteiger partial charge in [-0.3, -0.25) is 4.98 Å². The number of nitrogens with two attached hydrogens (primary N) is 1. The van der Waals surface area contributed by atoms with E-state index < -0.39 is 0 Å². The molecule has 1 aromatic rings. The molecular formula is C18H26N4O2. The molecule has 0 saturated heterocycles. The molecule has 3 aliphatic rings. The SMILES string of the molecule is COC1=Nc2c(ncc3c2OC(C2CCC(N)CC2)CN3C)CC1. The number of methoxy groups -OCH3 is 1. The molecule has 1 aromatic heterocycles. The number of likely N-dealkylation sites (N-methyl/N-ethyl adjacent to an activating group) is 1. The van der Waals surface area contributed by atoms with Crippen LogP contribution >= 0.6 is 0 Å². The van der Waals surface area contributed by atoms with Gasteiger partial charge in [0.15, 0.2) is 11.6 Å². The van der Waals surface area contributed by atoms with Crippen LogP contribution in [0.4, 0.5) is 11.4 Å². The van der Waals surface area contributed by atoms with Crippen molar-refractivity contribution in [1.29, 1.82) is 0 Å². The van der Waals surface area contributed by atoms with Gasteiger partial charge in [-0.2, -0.15) is 0 Å². The quantitative estimate of drug-likeness (QED) is 0.856. The molecule has 0 bridgehead atoms. The Labute approximate surface area is 143 Å².